The molecular weight excluding hydrogens is 336 g/mol. The summed E-state index contributed by atoms with van der Waals surface area (Å²) in [5.41, 5.74) is -0.393. The van der Waals surface area contributed by atoms with Gasteiger partial charge >= 0.3 is 0 Å². The summed E-state index contributed by atoms with van der Waals surface area (Å²) >= 11 is 4.46. The molecule has 2 rings (SSSR count). The van der Waals surface area contributed by atoms with Crippen LogP contribution >= 0.6 is 27.3 Å². The molecule has 0 bridgehead atoms. The zero-order valence-corrected chi connectivity index (χ0v) is 13.5. The molecule has 0 radical (unpaired) electrons. The molecule has 1 fully saturated rings. The quantitative estimate of drug-likeness (QED) is 0.912. The molecular formula is C11H13BrN2O2S2. The van der Waals surface area contributed by atoms with Crippen molar-refractivity contribution < 1.29 is 8.42 Å². The lowest BCUT2D eigenvalue weighted by molar-refractivity contribution is 0.514. The van der Waals surface area contributed by atoms with E-state index in [1.54, 1.807) is 6.07 Å². The van der Waals surface area contributed by atoms with E-state index < -0.39 is 15.6 Å². The molecule has 0 spiro atoms. The Kier molecular flexibility index (Phi) is 3.14. The first-order valence-corrected chi connectivity index (χ1v) is 8.44. The van der Waals surface area contributed by atoms with E-state index in [1.165, 1.54) is 0 Å². The lowest BCUT2D eigenvalue weighted by Crippen LogP contribution is -2.38. The van der Waals surface area contributed by atoms with Crippen LogP contribution in [0.15, 0.2) is 14.1 Å². The van der Waals surface area contributed by atoms with Gasteiger partial charge in [0, 0.05) is 5.41 Å². The summed E-state index contributed by atoms with van der Waals surface area (Å²) in [4.78, 5) is 0. The van der Waals surface area contributed by atoms with E-state index in [-0.39, 0.29) is 9.62 Å². The highest BCUT2D eigenvalue weighted by atomic mass is 79.9. The largest absolute Gasteiger partial charge is 0.251 e. The normalized spacial score (nSPS) is 25.7. The van der Waals surface area contributed by atoms with Crippen LogP contribution in [-0.2, 0) is 10.0 Å². The van der Waals surface area contributed by atoms with Gasteiger partial charge in [0.1, 0.15) is 9.75 Å². The second-order valence-corrected chi connectivity index (χ2v) is 9.48. The Bertz CT molecular complexity index is 623. The van der Waals surface area contributed by atoms with Crippen molar-refractivity contribution in [2.24, 2.45) is 5.41 Å². The first-order chi connectivity index (χ1) is 8.13. The topological polar surface area (TPSA) is 70.0 Å². The molecule has 1 aromatic rings. The van der Waals surface area contributed by atoms with Gasteiger partial charge in [0.25, 0.3) is 10.0 Å². The molecule has 4 nitrogen and oxygen atoms in total. The van der Waals surface area contributed by atoms with Crippen LogP contribution < -0.4 is 4.72 Å². The van der Waals surface area contributed by atoms with E-state index in [1.807, 2.05) is 20.8 Å². The van der Waals surface area contributed by atoms with E-state index in [4.69, 9.17) is 0 Å². The number of hydrogen-bond acceptors (Lipinski definition) is 4. The van der Waals surface area contributed by atoms with Gasteiger partial charge in [-0.15, -0.1) is 11.3 Å². The predicted molar refractivity (Wildman–Crippen MR) is 73.8 cm³/mol. The molecule has 0 aromatic carbocycles. The number of thiophene rings is 1. The fraction of sp³-hybridized carbons (Fsp3) is 0.545. The fourth-order valence-corrected chi connectivity index (χ4v) is 5.54. The highest BCUT2D eigenvalue weighted by Crippen LogP contribution is 2.55. The molecule has 18 heavy (non-hydrogen) atoms. The van der Waals surface area contributed by atoms with Gasteiger partial charge in [-0.2, -0.15) is 9.98 Å². The number of nitriles is 1. The van der Waals surface area contributed by atoms with E-state index in [0.29, 0.717) is 6.42 Å². The maximum atomic E-state index is 12.2. The minimum absolute atomic E-state index is 0.240. The summed E-state index contributed by atoms with van der Waals surface area (Å²) in [5.74, 6) is 0. The number of sulfonamides is 1. The van der Waals surface area contributed by atoms with Crippen molar-refractivity contribution in [2.45, 2.75) is 36.9 Å². The van der Waals surface area contributed by atoms with Crippen molar-refractivity contribution in [2.75, 3.05) is 0 Å². The van der Waals surface area contributed by atoms with Gasteiger partial charge in [-0.1, -0.05) is 13.8 Å². The average Bonchev–Trinajstić information content (AvgIpc) is 2.57. The van der Waals surface area contributed by atoms with Crippen LogP contribution in [0.25, 0.3) is 0 Å². The highest BCUT2D eigenvalue weighted by Gasteiger charge is 2.64. The standard InChI is InChI=1S/C11H13BrN2O2S2/c1-7-4-8(17-9(7)12)18(15,16)14-11(6-13)5-10(11,2)3/h4,14H,5H2,1-3H3. The Labute approximate surface area is 119 Å². The van der Waals surface area contributed by atoms with E-state index in [0.717, 1.165) is 20.7 Å². The maximum Gasteiger partial charge on any atom is 0.251 e. The van der Waals surface area contributed by atoms with Gasteiger partial charge in [-0.3, -0.25) is 0 Å². The number of rotatable bonds is 3. The van der Waals surface area contributed by atoms with Crippen LogP contribution in [0.1, 0.15) is 25.8 Å². The molecule has 1 aromatic heterocycles. The van der Waals surface area contributed by atoms with Gasteiger partial charge in [-0.05, 0) is 40.9 Å². The predicted octanol–water partition coefficient (Wildman–Crippen LogP) is 2.79. The fourth-order valence-electron chi connectivity index (χ4n) is 1.85. The number of aryl methyl sites for hydroxylation is 1. The molecule has 1 N–H and O–H groups in total. The zero-order valence-electron chi connectivity index (χ0n) is 10.2. The van der Waals surface area contributed by atoms with Crippen molar-refractivity contribution in [3.05, 3.63) is 15.4 Å². The summed E-state index contributed by atoms with van der Waals surface area (Å²) in [7, 11) is -3.62. The van der Waals surface area contributed by atoms with Crippen molar-refractivity contribution in [1.82, 2.24) is 4.72 Å². The van der Waals surface area contributed by atoms with E-state index in [9.17, 15) is 13.7 Å². The molecule has 0 aliphatic heterocycles. The van der Waals surface area contributed by atoms with Crippen LogP contribution in [-0.4, -0.2) is 14.0 Å². The molecule has 1 heterocycles. The van der Waals surface area contributed by atoms with Crippen LogP contribution in [0.2, 0.25) is 0 Å². The highest BCUT2D eigenvalue weighted by molar-refractivity contribution is 9.11. The third-order valence-corrected chi connectivity index (χ3v) is 7.44. The molecule has 1 aliphatic rings. The van der Waals surface area contributed by atoms with Crippen molar-refractivity contribution in [1.29, 1.82) is 5.26 Å². The van der Waals surface area contributed by atoms with Crippen LogP contribution in [0.3, 0.4) is 0 Å². The van der Waals surface area contributed by atoms with Crippen LogP contribution in [0.5, 0.6) is 0 Å². The minimum atomic E-state index is -3.62. The molecule has 1 aliphatic carbocycles. The van der Waals surface area contributed by atoms with E-state index >= 15 is 0 Å². The zero-order chi connectivity index (χ0) is 13.8. The Morgan fingerprint density at radius 3 is 2.44 bits per heavy atom. The molecule has 0 amide bonds. The number of halogens is 1. The lowest BCUT2D eigenvalue weighted by atomic mass is 10.1. The second-order valence-electron chi connectivity index (χ2n) is 5.21. The summed E-state index contributed by atoms with van der Waals surface area (Å²) < 4.78 is 28.0. The Morgan fingerprint density at radius 2 is 2.11 bits per heavy atom. The van der Waals surface area contributed by atoms with Crippen molar-refractivity contribution in [3.63, 3.8) is 0 Å². The summed E-state index contributed by atoms with van der Waals surface area (Å²) in [6.07, 6.45) is 0.543. The third-order valence-electron chi connectivity index (χ3n) is 3.34. The first kappa shape index (κ1) is 14.0. The van der Waals surface area contributed by atoms with Gasteiger partial charge in [0.15, 0.2) is 0 Å². The smallest absolute Gasteiger partial charge is 0.206 e. The van der Waals surface area contributed by atoms with E-state index in [2.05, 4.69) is 26.7 Å². The number of nitrogens with zero attached hydrogens (tertiary/aromatic N) is 1. The number of nitrogens with one attached hydrogen (secondary N) is 1. The van der Waals surface area contributed by atoms with Gasteiger partial charge in [0.2, 0.25) is 0 Å². The molecule has 98 valence electrons. The number of hydrogen-bond donors (Lipinski definition) is 1. The van der Waals surface area contributed by atoms with Gasteiger partial charge in [0.05, 0.1) is 9.86 Å². The summed E-state index contributed by atoms with van der Waals surface area (Å²) in [6, 6.07) is 3.70. The average molecular weight is 349 g/mol. The third kappa shape index (κ3) is 2.11. The molecule has 7 heteroatoms. The van der Waals surface area contributed by atoms with Crippen molar-refractivity contribution >= 4 is 37.3 Å². The molecule has 0 saturated heterocycles. The van der Waals surface area contributed by atoms with Crippen molar-refractivity contribution in [3.8, 4) is 6.07 Å². The van der Waals surface area contributed by atoms with Gasteiger partial charge < -0.3 is 0 Å². The SMILES string of the molecule is Cc1cc(S(=O)(=O)NC2(C#N)CC2(C)C)sc1Br. The lowest BCUT2D eigenvalue weighted by Gasteiger charge is -2.13. The van der Waals surface area contributed by atoms with Crippen LogP contribution in [0, 0.1) is 23.7 Å². The van der Waals surface area contributed by atoms with Gasteiger partial charge in [-0.25, -0.2) is 8.42 Å². The monoisotopic (exact) mass is 348 g/mol. The summed E-state index contributed by atoms with van der Waals surface area (Å²) in [6.45, 7) is 5.60. The van der Waals surface area contributed by atoms with Crippen LogP contribution in [0.4, 0.5) is 0 Å². The molecule has 1 atom stereocenters. The first-order valence-electron chi connectivity index (χ1n) is 5.35. The Hall–Kier alpha value is -0.420. The maximum absolute atomic E-state index is 12.2. The Balaban J connectivity index is 2.33. The summed E-state index contributed by atoms with van der Waals surface area (Å²) in [5, 5.41) is 9.18. The molecule has 1 saturated carbocycles. The second kappa shape index (κ2) is 4.04. The minimum Gasteiger partial charge on any atom is -0.206 e. The Morgan fingerprint density at radius 1 is 1.56 bits per heavy atom. The molecule has 1 unspecified atom stereocenters.